The van der Waals surface area contributed by atoms with E-state index in [-0.39, 0.29) is 12.5 Å². The van der Waals surface area contributed by atoms with E-state index in [9.17, 15) is 4.79 Å². The Morgan fingerprint density at radius 2 is 1.73 bits per heavy atom. The number of hydrogen-bond acceptors (Lipinski definition) is 2. The minimum absolute atomic E-state index is 0.168. The highest BCUT2D eigenvalue weighted by Crippen LogP contribution is 2.32. The van der Waals surface area contributed by atoms with Crippen molar-refractivity contribution in [3.63, 3.8) is 0 Å². The van der Waals surface area contributed by atoms with Gasteiger partial charge in [-0.15, -0.1) is 0 Å². The Balaban J connectivity index is 2.00. The first-order valence-corrected chi connectivity index (χ1v) is 7.71. The van der Waals surface area contributed by atoms with Gasteiger partial charge in [0.05, 0.1) is 20.8 Å². The van der Waals surface area contributed by atoms with Crippen LogP contribution in [0.5, 0.6) is 5.75 Å². The third-order valence-corrected chi connectivity index (χ3v) is 4.05. The van der Waals surface area contributed by atoms with E-state index < -0.39 is 0 Å². The molecule has 0 fully saturated rings. The van der Waals surface area contributed by atoms with Crippen LogP contribution in [0.25, 0.3) is 0 Å². The monoisotopic (exact) mass is 377 g/mol. The lowest BCUT2D eigenvalue weighted by Gasteiger charge is -2.11. The Morgan fingerprint density at radius 3 is 2.41 bits per heavy atom. The second-order valence-corrected chi connectivity index (χ2v) is 6.15. The molecule has 0 atom stereocenters. The molecule has 0 unspecified atom stereocenters. The molecule has 1 N–H and O–H groups in total. The summed E-state index contributed by atoms with van der Waals surface area (Å²) >= 11 is 23.6. The van der Waals surface area contributed by atoms with Crippen LogP contribution in [-0.2, 0) is 4.79 Å². The zero-order valence-electron chi connectivity index (χ0n) is 11.4. The number of benzene rings is 2. The molecule has 22 heavy (non-hydrogen) atoms. The molecular formula is C15H11Cl4NO2. The highest BCUT2D eigenvalue weighted by Gasteiger charge is 2.10. The van der Waals surface area contributed by atoms with Crippen LogP contribution in [0.3, 0.4) is 0 Å². The third kappa shape index (κ3) is 4.43. The predicted molar refractivity (Wildman–Crippen MR) is 91.8 cm³/mol. The van der Waals surface area contributed by atoms with E-state index in [0.717, 1.165) is 5.56 Å². The Bertz CT molecular complexity index is 719. The fraction of sp³-hybridized carbons (Fsp3) is 0.133. The van der Waals surface area contributed by atoms with Crippen molar-refractivity contribution in [3.05, 3.63) is 56.0 Å². The smallest absolute Gasteiger partial charge is 0.262 e. The number of carbonyl (C=O) groups is 1. The minimum Gasteiger partial charge on any atom is -0.483 e. The second kappa shape index (κ2) is 7.42. The second-order valence-electron chi connectivity index (χ2n) is 4.49. The maximum atomic E-state index is 11.9. The average Bonchev–Trinajstić information content (AvgIpc) is 2.44. The first-order valence-electron chi connectivity index (χ1n) is 6.20. The van der Waals surface area contributed by atoms with Crippen molar-refractivity contribution in [1.82, 2.24) is 0 Å². The van der Waals surface area contributed by atoms with Crippen LogP contribution in [0.2, 0.25) is 20.1 Å². The number of halogens is 4. The Morgan fingerprint density at radius 1 is 1.05 bits per heavy atom. The summed E-state index contributed by atoms with van der Waals surface area (Å²) in [6, 6.07) is 8.10. The van der Waals surface area contributed by atoms with E-state index in [2.05, 4.69) is 5.32 Å². The quantitative estimate of drug-likeness (QED) is 0.700. The molecule has 0 aliphatic rings. The minimum atomic E-state index is -0.366. The molecule has 2 aromatic rings. The van der Waals surface area contributed by atoms with Crippen LogP contribution in [0.15, 0.2) is 30.3 Å². The standard InChI is InChI=1S/C15H11Cl4NO2/c1-8-4-9(16)2-3-14(8)22-7-15(21)20-13-6-11(18)10(17)5-12(13)19/h2-6H,7H2,1H3,(H,20,21). The van der Waals surface area contributed by atoms with Gasteiger partial charge in [-0.3, -0.25) is 4.79 Å². The van der Waals surface area contributed by atoms with Crippen molar-refractivity contribution >= 4 is 58.0 Å². The molecule has 0 heterocycles. The van der Waals surface area contributed by atoms with Crippen molar-refractivity contribution in [2.45, 2.75) is 6.92 Å². The lowest BCUT2D eigenvalue weighted by Crippen LogP contribution is -2.20. The molecule has 0 saturated heterocycles. The normalized spacial score (nSPS) is 10.4. The highest BCUT2D eigenvalue weighted by atomic mass is 35.5. The fourth-order valence-corrected chi connectivity index (χ4v) is 2.54. The molecule has 0 aliphatic carbocycles. The van der Waals surface area contributed by atoms with E-state index >= 15 is 0 Å². The molecule has 2 rings (SSSR count). The molecule has 116 valence electrons. The number of hydrogen-bond donors (Lipinski definition) is 1. The summed E-state index contributed by atoms with van der Waals surface area (Å²) in [6.07, 6.45) is 0. The maximum Gasteiger partial charge on any atom is 0.262 e. The Hall–Kier alpha value is -1.13. The molecule has 7 heteroatoms. The molecule has 3 nitrogen and oxygen atoms in total. The summed E-state index contributed by atoms with van der Waals surface area (Å²) in [5, 5.41) is 4.14. The highest BCUT2D eigenvalue weighted by molar-refractivity contribution is 6.44. The number of nitrogens with one attached hydrogen (secondary N) is 1. The van der Waals surface area contributed by atoms with Crippen molar-refractivity contribution in [3.8, 4) is 5.75 Å². The first-order chi connectivity index (χ1) is 10.4. The van der Waals surface area contributed by atoms with Gasteiger partial charge in [-0.2, -0.15) is 0 Å². The summed E-state index contributed by atoms with van der Waals surface area (Å²) in [7, 11) is 0. The van der Waals surface area contributed by atoms with Gasteiger partial charge in [0.15, 0.2) is 6.61 Å². The molecule has 0 aliphatic heterocycles. The molecule has 0 spiro atoms. The van der Waals surface area contributed by atoms with Crippen molar-refractivity contribution < 1.29 is 9.53 Å². The van der Waals surface area contributed by atoms with Gasteiger partial charge in [-0.1, -0.05) is 46.4 Å². The van der Waals surface area contributed by atoms with Crippen LogP contribution < -0.4 is 10.1 Å². The fourth-order valence-electron chi connectivity index (χ4n) is 1.72. The number of anilines is 1. The third-order valence-electron chi connectivity index (χ3n) is 2.78. The van der Waals surface area contributed by atoms with Gasteiger partial charge >= 0.3 is 0 Å². The molecule has 0 bridgehead atoms. The van der Waals surface area contributed by atoms with Gasteiger partial charge in [0.2, 0.25) is 0 Å². The van der Waals surface area contributed by atoms with Gasteiger partial charge in [-0.25, -0.2) is 0 Å². The number of ether oxygens (including phenoxy) is 1. The van der Waals surface area contributed by atoms with Crippen LogP contribution in [0, 0.1) is 6.92 Å². The summed E-state index contributed by atoms with van der Waals surface area (Å²) in [5.41, 5.74) is 1.21. The Labute approximate surface area is 148 Å². The van der Waals surface area contributed by atoms with Gasteiger partial charge in [0.1, 0.15) is 5.75 Å². The SMILES string of the molecule is Cc1cc(Cl)ccc1OCC(=O)Nc1cc(Cl)c(Cl)cc1Cl. The summed E-state index contributed by atoms with van der Waals surface area (Å²) in [6.45, 7) is 1.67. The van der Waals surface area contributed by atoms with Gasteiger partial charge in [0, 0.05) is 5.02 Å². The first kappa shape index (κ1) is 17.2. The summed E-state index contributed by atoms with van der Waals surface area (Å²) in [5.74, 6) is 0.217. The van der Waals surface area contributed by atoms with Crippen molar-refractivity contribution in [2.75, 3.05) is 11.9 Å². The molecular weight excluding hydrogens is 368 g/mol. The van der Waals surface area contributed by atoms with E-state index in [1.165, 1.54) is 12.1 Å². The van der Waals surface area contributed by atoms with E-state index in [1.54, 1.807) is 18.2 Å². The average molecular weight is 379 g/mol. The number of amides is 1. The lowest BCUT2D eigenvalue weighted by molar-refractivity contribution is -0.118. The maximum absolute atomic E-state index is 11.9. The Kier molecular flexibility index (Phi) is 5.81. The van der Waals surface area contributed by atoms with Crippen LogP contribution >= 0.6 is 46.4 Å². The van der Waals surface area contributed by atoms with Gasteiger partial charge in [0.25, 0.3) is 5.91 Å². The number of carbonyl (C=O) groups excluding carboxylic acids is 1. The molecule has 0 radical (unpaired) electrons. The van der Waals surface area contributed by atoms with Gasteiger partial charge in [-0.05, 0) is 42.8 Å². The van der Waals surface area contributed by atoms with E-state index in [0.29, 0.717) is 31.5 Å². The van der Waals surface area contributed by atoms with E-state index in [1.807, 2.05) is 6.92 Å². The molecule has 0 saturated carbocycles. The van der Waals surface area contributed by atoms with Gasteiger partial charge < -0.3 is 10.1 Å². The number of rotatable bonds is 4. The molecule has 1 amide bonds. The topological polar surface area (TPSA) is 38.3 Å². The zero-order valence-corrected chi connectivity index (χ0v) is 14.4. The van der Waals surface area contributed by atoms with E-state index in [4.69, 9.17) is 51.1 Å². The van der Waals surface area contributed by atoms with Crippen LogP contribution in [-0.4, -0.2) is 12.5 Å². The summed E-state index contributed by atoms with van der Waals surface area (Å²) in [4.78, 5) is 11.9. The van der Waals surface area contributed by atoms with Crippen LogP contribution in [0.1, 0.15) is 5.56 Å². The largest absolute Gasteiger partial charge is 0.483 e. The molecule has 2 aromatic carbocycles. The zero-order chi connectivity index (χ0) is 16.3. The van der Waals surface area contributed by atoms with Crippen molar-refractivity contribution in [1.29, 1.82) is 0 Å². The number of aryl methyl sites for hydroxylation is 1. The summed E-state index contributed by atoms with van der Waals surface area (Å²) < 4.78 is 5.45. The van der Waals surface area contributed by atoms with Crippen LogP contribution in [0.4, 0.5) is 5.69 Å². The van der Waals surface area contributed by atoms with Crippen molar-refractivity contribution in [2.24, 2.45) is 0 Å². The molecule has 0 aromatic heterocycles. The lowest BCUT2D eigenvalue weighted by atomic mass is 10.2. The predicted octanol–water partition coefficient (Wildman–Crippen LogP) is 5.63.